The maximum Gasteiger partial charge on any atom is 0.242 e. The Morgan fingerprint density at radius 2 is 1.68 bits per heavy atom. The van der Waals surface area contributed by atoms with E-state index in [4.69, 9.17) is 0 Å². The van der Waals surface area contributed by atoms with Gasteiger partial charge in [-0.3, -0.25) is 0 Å². The van der Waals surface area contributed by atoms with Crippen molar-refractivity contribution in [3.63, 3.8) is 0 Å². The lowest BCUT2D eigenvalue weighted by Crippen LogP contribution is -2.22. The lowest BCUT2D eigenvalue weighted by molar-refractivity contribution is 0.520. The molecule has 0 bridgehead atoms. The van der Waals surface area contributed by atoms with Gasteiger partial charge in [-0.25, -0.2) is 22.7 Å². The smallest absolute Gasteiger partial charge is 0.242 e. The van der Waals surface area contributed by atoms with Crippen LogP contribution in [0, 0.1) is 6.92 Å². The summed E-state index contributed by atoms with van der Waals surface area (Å²) < 4.78 is 25.7. The van der Waals surface area contributed by atoms with E-state index in [9.17, 15) is 8.42 Å². The number of rotatable bonds is 5. The van der Waals surface area contributed by atoms with Crippen LogP contribution in [0.1, 0.15) is 11.3 Å². The van der Waals surface area contributed by atoms with Crippen LogP contribution in [0.5, 0.6) is 0 Å². The number of thioether (sulfide) groups is 1. The Kier molecular flexibility index (Phi) is 5.08. The van der Waals surface area contributed by atoms with Crippen LogP contribution in [-0.4, -0.2) is 36.8 Å². The van der Waals surface area contributed by atoms with Gasteiger partial charge in [0.2, 0.25) is 10.0 Å². The normalized spacial score (nSPS) is 12.0. The second kappa shape index (κ2) is 7.11. The van der Waals surface area contributed by atoms with Gasteiger partial charge in [-0.15, -0.1) is 0 Å². The van der Waals surface area contributed by atoms with Gasteiger partial charge in [0.1, 0.15) is 5.03 Å². The highest BCUT2D eigenvalue weighted by atomic mass is 32.2. The molecule has 1 aromatic heterocycles. The molecule has 0 amide bonds. The SMILES string of the molecule is Cc1nc2ccccc2nc1SCc1cccc(S(=O)(=O)N(C)C)c1. The highest BCUT2D eigenvalue weighted by Gasteiger charge is 2.17. The molecule has 0 saturated carbocycles. The average Bonchev–Trinajstić information content (AvgIpc) is 2.60. The molecule has 25 heavy (non-hydrogen) atoms. The first kappa shape index (κ1) is 17.8. The Labute approximate surface area is 152 Å². The zero-order chi connectivity index (χ0) is 18.0. The molecule has 130 valence electrons. The van der Waals surface area contributed by atoms with Crippen molar-refractivity contribution in [2.75, 3.05) is 14.1 Å². The van der Waals surface area contributed by atoms with Crippen molar-refractivity contribution in [1.82, 2.24) is 14.3 Å². The van der Waals surface area contributed by atoms with E-state index in [2.05, 4.69) is 9.97 Å². The van der Waals surface area contributed by atoms with Crippen molar-refractivity contribution in [1.29, 1.82) is 0 Å². The first-order valence-corrected chi connectivity index (χ1v) is 10.2. The van der Waals surface area contributed by atoms with Gasteiger partial charge in [-0.05, 0) is 36.8 Å². The van der Waals surface area contributed by atoms with Gasteiger partial charge in [-0.1, -0.05) is 36.0 Å². The fraction of sp³-hybridized carbons (Fsp3) is 0.222. The number of benzene rings is 2. The molecule has 3 aromatic rings. The van der Waals surface area contributed by atoms with E-state index in [-0.39, 0.29) is 0 Å². The van der Waals surface area contributed by atoms with E-state index in [1.165, 1.54) is 18.4 Å². The van der Waals surface area contributed by atoms with Gasteiger partial charge < -0.3 is 0 Å². The Bertz CT molecular complexity index is 1020. The molecule has 0 aliphatic carbocycles. The van der Waals surface area contributed by atoms with Crippen LogP contribution in [-0.2, 0) is 15.8 Å². The lowest BCUT2D eigenvalue weighted by atomic mass is 10.2. The first-order chi connectivity index (χ1) is 11.9. The Balaban J connectivity index is 1.84. The molecule has 0 radical (unpaired) electrons. The second-order valence-corrected chi connectivity index (χ2v) is 8.94. The van der Waals surface area contributed by atoms with Gasteiger partial charge >= 0.3 is 0 Å². The third kappa shape index (κ3) is 3.84. The first-order valence-electron chi connectivity index (χ1n) is 7.75. The summed E-state index contributed by atoms with van der Waals surface area (Å²) in [4.78, 5) is 9.55. The van der Waals surface area contributed by atoms with Crippen LogP contribution >= 0.6 is 11.8 Å². The largest absolute Gasteiger partial charge is 0.249 e. The number of aromatic nitrogens is 2. The number of aryl methyl sites for hydroxylation is 1. The Hall–Kier alpha value is -1.96. The topological polar surface area (TPSA) is 63.2 Å². The quantitative estimate of drug-likeness (QED) is 0.641. The molecule has 3 rings (SSSR count). The minimum absolute atomic E-state index is 0.303. The summed E-state index contributed by atoms with van der Waals surface area (Å²) in [6, 6.07) is 14.8. The third-order valence-electron chi connectivity index (χ3n) is 3.75. The van der Waals surface area contributed by atoms with Gasteiger partial charge in [0.05, 0.1) is 21.6 Å². The highest BCUT2D eigenvalue weighted by molar-refractivity contribution is 7.98. The van der Waals surface area contributed by atoms with E-state index in [1.807, 2.05) is 37.3 Å². The van der Waals surface area contributed by atoms with Crippen LogP contribution in [0.2, 0.25) is 0 Å². The van der Waals surface area contributed by atoms with Gasteiger partial charge in [-0.2, -0.15) is 0 Å². The van der Waals surface area contributed by atoms with Crippen molar-refractivity contribution in [3.05, 3.63) is 59.8 Å². The summed E-state index contributed by atoms with van der Waals surface area (Å²) in [7, 11) is -0.358. The molecule has 0 unspecified atom stereocenters. The zero-order valence-corrected chi connectivity index (χ0v) is 15.9. The van der Waals surface area contributed by atoms with E-state index in [1.54, 1.807) is 30.0 Å². The van der Waals surface area contributed by atoms with Crippen molar-refractivity contribution in [2.24, 2.45) is 0 Å². The zero-order valence-electron chi connectivity index (χ0n) is 14.3. The molecule has 0 saturated heterocycles. The molecular formula is C18H19N3O2S2. The van der Waals surface area contributed by atoms with Crippen LogP contribution in [0.25, 0.3) is 11.0 Å². The molecular weight excluding hydrogens is 354 g/mol. The van der Waals surface area contributed by atoms with Gasteiger partial charge in [0, 0.05) is 19.8 Å². The van der Waals surface area contributed by atoms with Crippen molar-refractivity contribution in [3.8, 4) is 0 Å². The maximum atomic E-state index is 12.3. The predicted octanol–water partition coefficient (Wildman–Crippen LogP) is 3.48. The van der Waals surface area contributed by atoms with Gasteiger partial charge in [0.25, 0.3) is 0 Å². The molecule has 0 aliphatic heterocycles. The van der Waals surface area contributed by atoms with Crippen molar-refractivity contribution < 1.29 is 8.42 Å². The lowest BCUT2D eigenvalue weighted by Gasteiger charge is -2.12. The summed E-state index contributed by atoms with van der Waals surface area (Å²) in [5.74, 6) is 0.630. The van der Waals surface area contributed by atoms with E-state index < -0.39 is 10.0 Å². The van der Waals surface area contributed by atoms with Gasteiger partial charge in [0.15, 0.2) is 0 Å². The monoisotopic (exact) mass is 373 g/mol. The minimum Gasteiger partial charge on any atom is -0.249 e. The fourth-order valence-electron chi connectivity index (χ4n) is 2.37. The third-order valence-corrected chi connectivity index (χ3v) is 6.70. The Morgan fingerprint density at radius 1 is 1.00 bits per heavy atom. The summed E-state index contributed by atoms with van der Waals surface area (Å²) in [6.45, 7) is 1.94. The molecule has 5 nitrogen and oxygen atoms in total. The number of fused-ring (bicyclic) bond motifs is 1. The number of para-hydroxylation sites is 2. The van der Waals surface area contributed by atoms with E-state index in [0.29, 0.717) is 10.6 Å². The second-order valence-electron chi connectivity index (χ2n) is 5.83. The molecule has 0 spiro atoms. The predicted molar refractivity (Wildman–Crippen MR) is 101 cm³/mol. The number of hydrogen-bond donors (Lipinski definition) is 0. The van der Waals surface area contributed by atoms with E-state index in [0.717, 1.165) is 27.3 Å². The number of sulfonamides is 1. The molecule has 0 atom stereocenters. The molecule has 0 N–H and O–H groups in total. The number of nitrogens with zero attached hydrogens (tertiary/aromatic N) is 3. The Morgan fingerprint density at radius 3 is 2.36 bits per heavy atom. The van der Waals surface area contributed by atoms with E-state index >= 15 is 0 Å². The summed E-state index contributed by atoms with van der Waals surface area (Å²) in [5.41, 5.74) is 3.55. The van der Waals surface area contributed by atoms with Crippen LogP contribution in [0.15, 0.2) is 58.5 Å². The molecule has 1 heterocycles. The van der Waals surface area contributed by atoms with Crippen LogP contribution in [0.4, 0.5) is 0 Å². The summed E-state index contributed by atoms with van der Waals surface area (Å²) >= 11 is 1.56. The maximum absolute atomic E-state index is 12.3. The van der Waals surface area contributed by atoms with Crippen LogP contribution in [0.3, 0.4) is 0 Å². The minimum atomic E-state index is -3.42. The van der Waals surface area contributed by atoms with Crippen molar-refractivity contribution in [2.45, 2.75) is 22.6 Å². The average molecular weight is 374 g/mol. The van der Waals surface area contributed by atoms with Crippen molar-refractivity contribution >= 4 is 32.8 Å². The summed E-state index contributed by atoms with van der Waals surface area (Å²) in [6.07, 6.45) is 0. The number of hydrogen-bond acceptors (Lipinski definition) is 5. The highest BCUT2D eigenvalue weighted by Crippen LogP contribution is 2.26. The summed E-state index contributed by atoms with van der Waals surface area (Å²) in [5, 5.41) is 0.861. The fourth-order valence-corrected chi connectivity index (χ4v) is 4.24. The molecule has 2 aromatic carbocycles. The molecule has 0 aliphatic rings. The molecule has 7 heteroatoms. The van der Waals surface area contributed by atoms with Crippen LogP contribution < -0.4 is 0 Å². The standard InChI is InChI=1S/C18H19N3O2S2/c1-13-18(20-17-10-5-4-9-16(17)19-13)24-12-14-7-6-8-15(11-14)25(22,23)21(2)3/h4-11H,12H2,1-3H3. The molecule has 0 fully saturated rings.